The van der Waals surface area contributed by atoms with Crippen LogP contribution in [-0.4, -0.2) is 15.8 Å². The molecule has 0 aliphatic rings. The van der Waals surface area contributed by atoms with Crippen molar-refractivity contribution in [2.45, 2.75) is 0 Å². The van der Waals surface area contributed by atoms with Gasteiger partial charge in [-0.1, -0.05) is 11.6 Å². The molecule has 1 heterocycles. The van der Waals surface area contributed by atoms with Crippen molar-refractivity contribution in [2.24, 2.45) is 0 Å². The molecule has 2 rings (SSSR count). The third-order valence-electron chi connectivity index (χ3n) is 2.00. The highest BCUT2D eigenvalue weighted by atomic mass is 127. The van der Waals surface area contributed by atoms with Crippen molar-refractivity contribution in [3.05, 3.63) is 28.7 Å². The number of carbonyl (C=O) groups is 1. The van der Waals surface area contributed by atoms with Gasteiger partial charge in [0.1, 0.15) is 5.82 Å². The number of fused-ring (bicyclic) bond motifs is 1. The average molecular weight is 356 g/mol. The van der Waals surface area contributed by atoms with Crippen molar-refractivity contribution < 1.29 is 9.18 Å². The zero-order chi connectivity index (χ0) is 11.0. The molecular formula is C8H4ClFIN2OP. The molecule has 2 aromatic rings. The topological polar surface area (TPSA) is 34.9 Å². The fourth-order valence-electron chi connectivity index (χ4n) is 1.32. The molecule has 0 spiro atoms. The lowest BCUT2D eigenvalue weighted by Crippen LogP contribution is -1.90. The number of nitrogens with zero attached hydrogens (tertiary/aromatic N) is 2. The summed E-state index contributed by atoms with van der Waals surface area (Å²) in [6.07, 6.45) is 2.42. The molecule has 78 valence electrons. The molecule has 1 unspecified atom stereocenters. The van der Waals surface area contributed by atoms with Gasteiger partial charge < -0.3 is 0 Å². The van der Waals surface area contributed by atoms with E-state index in [2.05, 4.69) is 27.1 Å². The molecule has 3 nitrogen and oxygen atoms in total. The van der Waals surface area contributed by atoms with E-state index in [1.807, 2.05) is 0 Å². The van der Waals surface area contributed by atoms with Crippen molar-refractivity contribution in [1.29, 1.82) is 0 Å². The predicted octanol–water partition coefficient (Wildman–Crippen LogP) is 3.43. The predicted molar refractivity (Wildman–Crippen MR) is 67.8 cm³/mol. The molecule has 1 aromatic heterocycles. The second kappa shape index (κ2) is 4.31. The van der Waals surface area contributed by atoms with Gasteiger partial charge in [0.2, 0.25) is 0 Å². The van der Waals surface area contributed by atoms with Crippen LogP contribution in [0.1, 0.15) is 10.4 Å². The van der Waals surface area contributed by atoms with Crippen molar-refractivity contribution >= 4 is 57.2 Å². The zero-order valence-corrected chi connectivity index (χ0v) is 11.1. The average Bonchev–Trinajstić information content (AvgIpc) is 2.62. The van der Waals surface area contributed by atoms with Crippen LogP contribution in [0.2, 0.25) is 5.02 Å². The molecule has 0 fully saturated rings. The van der Waals surface area contributed by atoms with E-state index in [9.17, 15) is 9.18 Å². The molecule has 0 amide bonds. The molecule has 0 aliphatic heterocycles. The van der Waals surface area contributed by atoms with Crippen LogP contribution in [0.5, 0.6) is 0 Å². The van der Waals surface area contributed by atoms with Crippen molar-refractivity contribution in [3.63, 3.8) is 0 Å². The second-order valence-corrected chi connectivity index (χ2v) is 5.20. The van der Waals surface area contributed by atoms with Crippen molar-refractivity contribution in [3.8, 4) is 0 Å². The maximum atomic E-state index is 13.4. The van der Waals surface area contributed by atoms with Crippen LogP contribution in [0.15, 0.2) is 12.3 Å². The summed E-state index contributed by atoms with van der Waals surface area (Å²) >= 11 is 7.81. The molecule has 15 heavy (non-hydrogen) atoms. The summed E-state index contributed by atoms with van der Waals surface area (Å²) in [6, 6.07) is 1.29. The minimum Gasteiger partial charge on any atom is -0.298 e. The Balaban J connectivity index is 2.89. The number of rotatable bonds is 2. The molecule has 0 radical (unpaired) electrons. The summed E-state index contributed by atoms with van der Waals surface area (Å²) in [4.78, 5) is 10.8. The van der Waals surface area contributed by atoms with Crippen LogP contribution in [0, 0.1) is 5.82 Å². The minimum absolute atomic E-state index is 0.145. The first-order valence-electron chi connectivity index (χ1n) is 3.86. The van der Waals surface area contributed by atoms with E-state index in [1.54, 1.807) is 4.45 Å². The Labute approximate surface area is 104 Å². The van der Waals surface area contributed by atoms with Gasteiger partial charge in [0.25, 0.3) is 0 Å². The summed E-state index contributed by atoms with van der Waals surface area (Å²) in [6.45, 7) is 0. The largest absolute Gasteiger partial charge is 0.298 e. The number of hydrogen-bond donors (Lipinski definition) is 0. The monoisotopic (exact) mass is 356 g/mol. The molecule has 0 bridgehead atoms. The highest BCUT2D eigenvalue weighted by Crippen LogP contribution is 2.33. The van der Waals surface area contributed by atoms with E-state index in [1.165, 1.54) is 12.3 Å². The van der Waals surface area contributed by atoms with E-state index in [0.717, 1.165) is 0 Å². The Morgan fingerprint density at radius 3 is 3.00 bits per heavy atom. The van der Waals surface area contributed by atoms with E-state index < -0.39 is 5.82 Å². The number of aldehydes is 1. The highest BCUT2D eigenvalue weighted by Gasteiger charge is 2.14. The Morgan fingerprint density at radius 1 is 1.67 bits per heavy atom. The van der Waals surface area contributed by atoms with Crippen LogP contribution < -0.4 is 0 Å². The third-order valence-corrected chi connectivity index (χ3v) is 4.28. The van der Waals surface area contributed by atoms with Crippen LogP contribution in [-0.2, 0) is 0 Å². The Kier molecular flexibility index (Phi) is 3.23. The SMILES string of the molecule is O=Cc1c(Cl)c(F)cc2c1cnn2PI. The van der Waals surface area contributed by atoms with Gasteiger partial charge in [0.05, 0.1) is 23.1 Å². The Hall–Kier alpha value is -0.260. The highest BCUT2D eigenvalue weighted by molar-refractivity contribution is 14.2. The fraction of sp³-hybridized carbons (Fsp3) is 0. The maximum Gasteiger partial charge on any atom is 0.152 e. The summed E-state index contributed by atoms with van der Waals surface area (Å²) in [7, 11) is 0. The molecule has 0 N–H and O–H groups in total. The van der Waals surface area contributed by atoms with Crippen molar-refractivity contribution in [1.82, 2.24) is 9.55 Å². The Bertz CT molecular complexity index is 545. The molecule has 0 saturated heterocycles. The second-order valence-electron chi connectivity index (χ2n) is 2.78. The number of halogens is 3. The third kappa shape index (κ3) is 1.77. The normalized spacial score (nSPS) is 11.7. The number of hydrogen-bond acceptors (Lipinski definition) is 2. The summed E-state index contributed by atoms with van der Waals surface area (Å²) in [5.41, 5.74) is 0.749. The number of carbonyl (C=O) groups excluding carboxylic acids is 1. The minimum atomic E-state index is -0.595. The van der Waals surface area contributed by atoms with Gasteiger partial charge in [-0.05, 0) is 22.0 Å². The summed E-state index contributed by atoms with van der Waals surface area (Å²) in [5, 5.41) is 4.48. The lowest BCUT2D eigenvalue weighted by Gasteiger charge is -2.01. The molecular weight excluding hydrogens is 352 g/mol. The van der Waals surface area contributed by atoms with E-state index in [4.69, 9.17) is 11.6 Å². The quantitative estimate of drug-likeness (QED) is 0.469. The molecule has 1 atom stereocenters. The van der Waals surface area contributed by atoms with Gasteiger partial charge in [-0.2, -0.15) is 5.10 Å². The number of benzene rings is 1. The van der Waals surface area contributed by atoms with Gasteiger partial charge in [-0.3, -0.25) is 4.79 Å². The van der Waals surface area contributed by atoms with E-state index in [-0.39, 0.29) is 10.6 Å². The Morgan fingerprint density at radius 2 is 2.40 bits per heavy atom. The first-order valence-corrected chi connectivity index (χ1v) is 8.30. The van der Waals surface area contributed by atoms with Gasteiger partial charge in [0, 0.05) is 17.0 Å². The maximum absolute atomic E-state index is 13.4. The lowest BCUT2D eigenvalue weighted by molar-refractivity contribution is 0.112. The van der Waals surface area contributed by atoms with Crippen LogP contribution in [0.25, 0.3) is 10.9 Å². The van der Waals surface area contributed by atoms with Crippen LogP contribution in [0.4, 0.5) is 4.39 Å². The first kappa shape index (κ1) is 11.2. The lowest BCUT2D eigenvalue weighted by atomic mass is 10.1. The summed E-state index contributed by atoms with van der Waals surface area (Å²) in [5.74, 6) is -0.595. The van der Waals surface area contributed by atoms with Gasteiger partial charge >= 0.3 is 0 Å². The van der Waals surface area contributed by atoms with Gasteiger partial charge in [0.15, 0.2) is 6.29 Å². The fourth-order valence-corrected chi connectivity index (χ4v) is 3.05. The van der Waals surface area contributed by atoms with Gasteiger partial charge in [-0.15, -0.1) is 0 Å². The number of aromatic nitrogens is 2. The van der Waals surface area contributed by atoms with E-state index in [0.29, 0.717) is 23.6 Å². The van der Waals surface area contributed by atoms with Crippen molar-refractivity contribution in [2.75, 3.05) is 0 Å². The van der Waals surface area contributed by atoms with Gasteiger partial charge in [-0.25, -0.2) is 8.84 Å². The summed E-state index contributed by atoms with van der Waals surface area (Å²) < 4.78 is 15.0. The van der Waals surface area contributed by atoms with E-state index >= 15 is 0 Å². The zero-order valence-electron chi connectivity index (χ0n) is 7.17. The smallest absolute Gasteiger partial charge is 0.152 e. The van der Waals surface area contributed by atoms with Crippen LogP contribution >= 0.6 is 40.0 Å². The molecule has 1 aromatic carbocycles. The van der Waals surface area contributed by atoms with Crippen LogP contribution in [0.3, 0.4) is 0 Å². The molecule has 0 saturated carbocycles. The standard InChI is InChI=1S/C8H4ClFIN2OP/c9-8-5(3-14)4-2-12-13(15-11)7(4)1-6(8)10/h1-3,15H. The molecule has 7 heteroatoms. The first-order chi connectivity index (χ1) is 7.19. The molecule has 0 aliphatic carbocycles.